The van der Waals surface area contributed by atoms with Crippen LogP contribution in [0.3, 0.4) is 0 Å². The van der Waals surface area contributed by atoms with E-state index >= 15 is 0 Å². The van der Waals surface area contributed by atoms with Crippen LogP contribution in [0.2, 0.25) is 0 Å². The minimum Gasteiger partial charge on any atom is -0.292 e. The van der Waals surface area contributed by atoms with Gasteiger partial charge in [0.2, 0.25) is 0 Å². The molecule has 0 fully saturated rings. The van der Waals surface area contributed by atoms with Gasteiger partial charge < -0.3 is 0 Å². The lowest BCUT2D eigenvalue weighted by Gasteiger charge is -2.21. The summed E-state index contributed by atoms with van der Waals surface area (Å²) in [6, 6.07) is 45.3. The van der Waals surface area contributed by atoms with Crippen molar-refractivity contribution in [3.05, 3.63) is 156 Å². The first kappa shape index (κ1) is 28.5. The van der Waals surface area contributed by atoms with Crippen molar-refractivity contribution < 1.29 is 13.2 Å². The Balaban J connectivity index is 1.27. The lowest BCUT2D eigenvalue weighted by molar-refractivity contribution is -0.137. The molecule has 48 heavy (non-hydrogen) atoms. The Morgan fingerprint density at radius 3 is 1.81 bits per heavy atom. The molecule has 2 nitrogen and oxygen atoms in total. The average Bonchev–Trinajstić information content (AvgIpc) is 3.62. The summed E-state index contributed by atoms with van der Waals surface area (Å²) in [5.74, 6) is 0.669. The summed E-state index contributed by atoms with van der Waals surface area (Å²) in [5.41, 5.74) is 9.81. The predicted molar refractivity (Wildman–Crippen MR) is 190 cm³/mol. The number of rotatable bonds is 3. The highest BCUT2D eigenvalue weighted by Gasteiger charge is 2.36. The Hall–Kier alpha value is -5.68. The number of hydrogen-bond acceptors (Lipinski definition) is 1. The average molecular weight is 631 g/mol. The van der Waals surface area contributed by atoms with Crippen LogP contribution in [-0.2, 0) is 11.6 Å². The van der Waals surface area contributed by atoms with Gasteiger partial charge in [-0.25, -0.2) is 4.98 Å². The third kappa shape index (κ3) is 4.10. The molecule has 0 bridgehead atoms. The van der Waals surface area contributed by atoms with E-state index in [1.165, 1.54) is 39.9 Å². The Morgan fingerprint density at radius 2 is 1.10 bits per heavy atom. The molecule has 7 aromatic carbocycles. The molecule has 0 amide bonds. The van der Waals surface area contributed by atoms with Crippen LogP contribution in [0.4, 0.5) is 13.2 Å². The Kier molecular flexibility index (Phi) is 6.04. The molecule has 232 valence electrons. The molecule has 1 aliphatic carbocycles. The Morgan fingerprint density at radius 1 is 0.542 bits per heavy atom. The van der Waals surface area contributed by atoms with E-state index in [1.807, 2.05) is 28.8 Å². The molecular formula is C43H29F3N2. The number of hydrogen-bond donors (Lipinski definition) is 0. The molecule has 9 rings (SSSR count). The fourth-order valence-corrected chi connectivity index (χ4v) is 7.74. The van der Waals surface area contributed by atoms with E-state index < -0.39 is 11.7 Å². The summed E-state index contributed by atoms with van der Waals surface area (Å²) in [6.45, 7) is 4.56. The standard InChI is InChI=1S/C43H29F3N2/c1-42(2)36-16-8-7-14-35(36)38-30(15-9-17-37(38)42)26-18-20-27(21-19-26)41-47-39-33-12-5-3-10-31(33)32-11-4-6-13-34(32)40(39)48(41)29-24-22-28(23-25-29)43(44,45)46/h3-25H,1-2H3. The van der Waals surface area contributed by atoms with Crippen molar-refractivity contribution in [1.82, 2.24) is 9.55 Å². The molecule has 0 saturated heterocycles. The second-order valence-electron chi connectivity index (χ2n) is 13.1. The Labute approximate surface area is 275 Å². The van der Waals surface area contributed by atoms with Crippen molar-refractivity contribution in [3.63, 3.8) is 0 Å². The van der Waals surface area contributed by atoms with E-state index in [0.717, 1.165) is 55.8 Å². The fourth-order valence-electron chi connectivity index (χ4n) is 7.74. The zero-order chi connectivity index (χ0) is 32.8. The third-order valence-corrected chi connectivity index (χ3v) is 10.0. The molecule has 0 saturated carbocycles. The van der Waals surface area contributed by atoms with E-state index in [9.17, 15) is 13.2 Å². The molecule has 0 spiro atoms. The van der Waals surface area contributed by atoms with Gasteiger partial charge in [0.1, 0.15) is 5.82 Å². The maximum atomic E-state index is 13.6. The molecular weight excluding hydrogens is 601 g/mol. The molecule has 1 heterocycles. The van der Waals surface area contributed by atoms with Gasteiger partial charge in [0.05, 0.1) is 16.6 Å². The van der Waals surface area contributed by atoms with Crippen molar-refractivity contribution in [1.29, 1.82) is 0 Å². The molecule has 0 aliphatic heterocycles. The zero-order valence-corrected chi connectivity index (χ0v) is 26.3. The van der Waals surface area contributed by atoms with Crippen LogP contribution in [0.15, 0.2) is 140 Å². The molecule has 0 unspecified atom stereocenters. The van der Waals surface area contributed by atoms with Gasteiger partial charge >= 0.3 is 6.18 Å². The van der Waals surface area contributed by atoms with E-state index in [1.54, 1.807) is 0 Å². The summed E-state index contributed by atoms with van der Waals surface area (Å²) < 4.78 is 42.8. The highest BCUT2D eigenvalue weighted by molar-refractivity contribution is 6.24. The molecule has 0 atom stereocenters. The number of fused-ring (bicyclic) bond motifs is 9. The van der Waals surface area contributed by atoms with Gasteiger partial charge in [0.25, 0.3) is 0 Å². The smallest absolute Gasteiger partial charge is 0.292 e. The fraction of sp³-hybridized carbons (Fsp3) is 0.0930. The normalized spacial score (nSPS) is 13.7. The lowest BCUT2D eigenvalue weighted by Crippen LogP contribution is -2.14. The first-order valence-corrected chi connectivity index (χ1v) is 16.1. The van der Waals surface area contributed by atoms with Gasteiger partial charge in [0.15, 0.2) is 0 Å². The van der Waals surface area contributed by atoms with Gasteiger partial charge in [-0.15, -0.1) is 0 Å². The molecule has 8 aromatic rings. The van der Waals surface area contributed by atoms with Gasteiger partial charge in [0, 0.05) is 27.4 Å². The van der Waals surface area contributed by atoms with Gasteiger partial charge in [-0.05, 0) is 68.4 Å². The first-order chi connectivity index (χ1) is 23.2. The number of aromatic nitrogens is 2. The van der Waals surface area contributed by atoms with Crippen molar-refractivity contribution in [3.8, 4) is 39.3 Å². The van der Waals surface area contributed by atoms with Crippen molar-refractivity contribution >= 4 is 32.6 Å². The second-order valence-corrected chi connectivity index (χ2v) is 13.1. The van der Waals surface area contributed by atoms with Crippen LogP contribution < -0.4 is 0 Å². The van der Waals surface area contributed by atoms with Crippen LogP contribution in [-0.4, -0.2) is 9.55 Å². The highest BCUT2D eigenvalue weighted by Crippen LogP contribution is 2.52. The van der Waals surface area contributed by atoms with Gasteiger partial charge in [-0.1, -0.05) is 129 Å². The molecule has 5 heteroatoms. The Bertz CT molecular complexity index is 2550. The number of nitrogens with zero attached hydrogens (tertiary/aromatic N) is 2. The van der Waals surface area contributed by atoms with Crippen LogP contribution in [0.1, 0.15) is 30.5 Å². The zero-order valence-electron chi connectivity index (χ0n) is 26.3. The highest BCUT2D eigenvalue weighted by atomic mass is 19.4. The first-order valence-electron chi connectivity index (χ1n) is 16.1. The van der Waals surface area contributed by atoms with Gasteiger partial charge in [-0.2, -0.15) is 13.2 Å². The molecule has 1 aliphatic rings. The van der Waals surface area contributed by atoms with Crippen LogP contribution in [0.25, 0.3) is 71.9 Å². The summed E-state index contributed by atoms with van der Waals surface area (Å²) in [6.07, 6.45) is -4.43. The van der Waals surface area contributed by atoms with Gasteiger partial charge in [-0.3, -0.25) is 4.57 Å². The van der Waals surface area contributed by atoms with Crippen LogP contribution in [0.5, 0.6) is 0 Å². The molecule has 0 N–H and O–H groups in total. The predicted octanol–water partition coefficient (Wildman–Crippen LogP) is 12.0. The van der Waals surface area contributed by atoms with Crippen molar-refractivity contribution in [2.45, 2.75) is 25.4 Å². The molecule has 1 aromatic heterocycles. The summed E-state index contributed by atoms with van der Waals surface area (Å²) in [5, 5.41) is 4.14. The lowest BCUT2D eigenvalue weighted by atomic mass is 9.82. The maximum absolute atomic E-state index is 13.6. The number of benzene rings is 7. The largest absolute Gasteiger partial charge is 0.416 e. The van der Waals surface area contributed by atoms with E-state index in [-0.39, 0.29) is 5.41 Å². The third-order valence-electron chi connectivity index (χ3n) is 10.0. The topological polar surface area (TPSA) is 17.8 Å². The summed E-state index contributed by atoms with van der Waals surface area (Å²) in [4.78, 5) is 5.26. The molecule has 0 radical (unpaired) electrons. The number of halogens is 3. The SMILES string of the molecule is CC1(C)c2ccccc2-c2c(-c3ccc(-c4nc5c6ccccc6c6ccccc6c5n4-c4ccc(C(F)(F)F)cc4)cc3)cccc21. The second kappa shape index (κ2) is 10.2. The van der Waals surface area contributed by atoms with Crippen LogP contribution >= 0.6 is 0 Å². The number of alkyl halides is 3. The monoisotopic (exact) mass is 630 g/mol. The van der Waals surface area contributed by atoms with Crippen LogP contribution in [0, 0.1) is 0 Å². The summed E-state index contributed by atoms with van der Waals surface area (Å²) >= 11 is 0. The maximum Gasteiger partial charge on any atom is 0.416 e. The van der Waals surface area contributed by atoms with Crippen molar-refractivity contribution in [2.75, 3.05) is 0 Å². The quantitative estimate of drug-likeness (QED) is 0.178. The van der Waals surface area contributed by atoms with E-state index in [4.69, 9.17) is 4.98 Å². The minimum absolute atomic E-state index is 0.0973. The summed E-state index contributed by atoms with van der Waals surface area (Å²) in [7, 11) is 0. The van der Waals surface area contributed by atoms with Crippen molar-refractivity contribution in [2.24, 2.45) is 0 Å². The minimum atomic E-state index is -4.43. The van der Waals surface area contributed by atoms with E-state index in [2.05, 4.69) is 105 Å². The number of imidazole rings is 1. The van der Waals surface area contributed by atoms with E-state index in [0.29, 0.717) is 11.5 Å².